The first-order chi connectivity index (χ1) is 13.2. The maximum Gasteiger partial charge on any atom is 0.119 e. The first-order valence-corrected chi connectivity index (χ1v) is 10.1. The lowest BCUT2D eigenvalue weighted by atomic mass is 9.80. The lowest BCUT2D eigenvalue weighted by molar-refractivity contribution is 0.197. The van der Waals surface area contributed by atoms with Gasteiger partial charge in [-0.15, -0.1) is 0 Å². The van der Waals surface area contributed by atoms with Crippen LogP contribution in [0.2, 0.25) is 0 Å². The van der Waals surface area contributed by atoms with Crippen molar-refractivity contribution in [3.8, 4) is 5.75 Å². The lowest BCUT2D eigenvalue weighted by Crippen LogP contribution is -2.27. The molecule has 144 valence electrons. The van der Waals surface area contributed by atoms with E-state index >= 15 is 0 Å². The van der Waals surface area contributed by atoms with Crippen LogP contribution in [0.5, 0.6) is 5.75 Å². The summed E-state index contributed by atoms with van der Waals surface area (Å²) in [5.41, 5.74) is 3.70. The van der Waals surface area contributed by atoms with Gasteiger partial charge in [0.25, 0.3) is 0 Å². The highest BCUT2D eigenvalue weighted by atomic mass is 16.5. The third-order valence-electron chi connectivity index (χ3n) is 5.45. The van der Waals surface area contributed by atoms with Gasteiger partial charge in [0.05, 0.1) is 6.10 Å². The van der Waals surface area contributed by atoms with Crippen molar-refractivity contribution < 1.29 is 9.84 Å². The van der Waals surface area contributed by atoms with Crippen molar-refractivity contribution in [1.82, 2.24) is 4.90 Å². The van der Waals surface area contributed by atoms with E-state index in [4.69, 9.17) is 4.74 Å². The third kappa shape index (κ3) is 5.44. The van der Waals surface area contributed by atoms with Crippen LogP contribution >= 0.6 is 0 Å². The van der Waals surface area contributed by atoms with E-state index in [9.17, 15) is 5.11 Å². The molecule has 3 nitrogen and oxygen atoms in total. The fourth-order valence-electron chi connectivity index (χ4n) is 3.80. The van der Waals surface area contributed by atoms with Gasteiger partial charge in [0.1, 0.15) is 12.4 Å². The summed E-state index contributed by atoms with van der Waals surface area (Å²) in [6.07, 6.45) is 3.38. The van der Waals surface area contributed by atoms with Gasteiger partial charge in [0.2, 0.25) is 0 Å². The zero-order valence-corrected chi connectivity index (χ0v) is 16.5. The second kappa shape index (κ2) is 9.72. The van der Waals surface area contributed by atoms with Crippen LogP contribution in [0, 0.1) is 0 Å². The molecule has 1 aliphatic carbocycles. The van der Waals surface area contributed by atoms with Crippen molar-refractivity contribution >= 4 is 5.57 Å². The summed E-state index contributed by atoms with van der Waals surface area (Å²) in [6.45, 7) is 8.11. The van der Waals surface area contributed by atoms with E-state index in [1.165, 1.54) is 16.7 Å². The van der Waals surface area contributed by atoms with E-state index < -0.39 is 0 Å². The highest BCUT2D eigenvalue weighted by Gasteiger charge is 2.23. The first kappa shape index (κ1) is 19.7. The van der Waals surface area contributed by atoms with Crippen molar-refractivity contribution in [2.75, 3.05) is 26.2 Å². The maximum atomic E-state index is 10.3. The minimum atomic E-state index is -0.385. The molecule has 2 aromatic carbocycles. The third-order valence-corrected chi connectivity index (χ3v) is 5.45. The van der Waals surface area contributed by atoms with Gasteiger partial charge in [-0.1, -0.05) is 62.4 Å². The molecular formula is C24H31NO2. The molecule has 0 radical (unpaired) electrons. The van der Waals surface area contributed by atoms with Gasteiger partial charge in [-0.3, -0.25) is 0 Å². The molecule has 1 aliphatic rings. The maximum absolute atomic E-state index is 10.3. The molecule has 0 aliphatic heterocycles. The van der Waals surface area contributed by atoms with Crippen LogP contribution in [0.4, 0.5) is 0 Å². The van der Waals surface area contributed by atoms with Crippen LogP contribution in [-0.4, -0.2) is 42.4 Å². The molecular weight excluding hydrogens is 334 g/mol. The normalized spacial score (nSPS) is 19.8. The van der Waals surface area contributed by atoms with Crippen molar-refractivity contribution in [2.45, 2.75) is 38.7 Å². The standard InChI is InChI=1S/C24H31NO2/c1-3-25(4-2)14-15-27-24-12-10-20(11-13-24)22-16-21(17-23(26)18-22)19-8-6-5-7-9-19/h5-13,18,21,23,26H,3-4,14-17H2,1-2H3. The largest absolute Gasteiger partial charge is 0.492 e. The van der Waals surface area contributed by atoms with E-state index in [0.29, 0.717) is 12.5 Å². The zero-order chi connectivity index (χ0) is 19.1. The fourth-order valence-corrected chi connectivity index (χ4v) is 3.80. The van der Waals surface area contributed by atoms with Crippen LogP contribution in [0.3, 0.4) is 0 Å². The summed E-state index contributed by atoms with van der Waals surface area (Å²) in [5, 5.41) is 10.3. The van der Waals surface area contributed by atoms with Crippen LogP contribution < -0.4 is 4.74 Å². The van der Waals surface area contributed by atoms with Gasteiger partial charge in [0, 0.05) is 6.54 Å². The predicted molar refractivity (Wildman–Crippen MR) is 112 cm³/mol. The number of rotatable bonds is 8. The molecule has 0 heterocycles. The number of hydrogen-bond acceptors (Lipinski definition) is 3. The molecule has 3 rings (SSSR count). The van der Waals surface area contributed by atoms with E-state index in [0.717, 1.165) is 38.2 Å². The lowest BCUT2D eigenvalue weighted by Gasteiger charge is -2.27. The van der Waals surface area contributed by atoms with Gasteiger partial charge in [0.15, 0.2) is 0 Å². The molecule has 1 N–H and O–H groups in total. The van der Waals surface area contributed by atoms with Crippen LogP contribution in [0.15, 0.2) is 60.7 Å². The molecule has 3 heteroatoms. The molecule has 27 heavy (non-hydrogen) atoms. The van der Waals surface area contributed by atoms with Crippen LogP contribution in [0.25, 0.3) is 5.57 Å². The van der Waals surface area contributed by atoms with E-state index in [-0.39, 0.29) is 6.10 Å². The molecule has 0 saturated carbocycles. The number of hydrogen-bond donors (Lipinski definition) is 1. The zero-order valence-electron chi connectivity index (χ0n) is 16.5. The Bertz CT molecular complexity index is 720. The molecule has 0 bridgehead atoms. The SMILES string of the molecule is CCN(CC)CCOc1ccc(C2=CC(O)CC(c3ccccc3)C2)cc1. The second-order valence-corrected chi connectivity index (χ2v) is 7.21. The molecule has 0 saturated heterocycles. The van der Waals surface area contributed by atoms with E-state index in [1.54, 1.807) is 0 Å². The Morgan fingerprint density at radius 1 is 1.00 bits per heavy atom. The number of aliphatic hydroxyl groups excluding tert-OH is 1. The van der Waals surface area contributed by atoms with E-state index in [2.05, 4.69) is 55.1 Å². The number of benzene rings is 2. The van der Waals surface area contributed by atoms with Gasteiger partial charge < -0.3 is 14.7 Å². The quantitative estimate of drug-likeness (QED) is 0.734. The van der Waals surface area contributed by atoms with Gasteiger partial charge in [-0.2, -0.15) is 0 Å². The topological polar surface area (TPSA) is 32.7 Å². The predicted octanol–water partition coefficient (Wildman–Crippen LogP) is 4.73. The number of nitrogens with zero attached hydrogens (tertiary/aromatic N) is 1. The number of aliphatic hydroxyl groups is 1. The number of ether oxygens (including phenoxy) is 1. The van der Waals surface area contributed by atoms with Crippen molar-refractivity contribution in [3.63, 3.8) is 0 Å². The summed E-state index contributed by atoms with van der Waals surface area (Å²) in [4.78, 5) is 2.35. The second-order valence-electron chi connectivity index (χ2n) is 7.21. The highest BCUT2D eigenvalue weighted by Crippen LogP contribution is 2.37. The first-order valence-electron chi connectivity index (χ1n) is 10.1. The Hall–Kier alpha value is -2.10. The Labute approximate surface area is 163 Å². The van der Waals surface area contributed by atoms with Crippen molar-refractivity contribution in [3.05, 3.63) is 71.8 Å². The van der Waals surface area contributed by atoms with Crippen molar-refractivity contribution in [2.24, 2.45) is 0 Å². The van der Waals surface area contributed by atoms with E-state index in [1.807, 2.05) is 24.3 Å². The molecule has 2 unspecified atom stereocenters. The molecule has 2 aromatic rings. The Balaban J connectivity index is 1.62. The average Bonchev–Trinajstić information content (AvgIpc) is 2.72. The molecule has 0 amide bonds. The number of allylic oxidation sites excluding steroid dienone is 1. The van der Waals surface area contributed by atoms with Crippen LogP contribution in [0.1, 0.15) is 43.7 Å². The fraction of sp³-hybridized carbons (Fsp3) is 0.417. The Morgan fingerprint density at radius 2 is 1.70 bits per heavy atom. The summed E-state index contributed by atoms with van der Waals surface area (Å²) in [6, 6.07) is 18.8. The summed E-state index contributed by atoms with van der Waals surface area (Å²) in [5.74, 6) is 1.27. The monoisotopic (exact) mass is 365 g/mol. The smallest absolute Gasteiger partial charge is 0.119 e. The Kier molecular flexibility index (Phi) is 7.08. The van der Waals surface area contributed by atoms with Gasteiger partial charge >= 0.3 is 0 Å². The molecule has 0 aromatic heterocycles. The summed E-state index contributed by atoms with van der Waals surface area (Å²) >= 11 is 0. The van der Waals surface area contributed by atoms with Gasteiger partial charge in [-0.05, 0) is 60.7 Å². The van der Waals surface area contributed by atoms with Crippen molar-refractivity contribution in [1.29, 1.82) is 0 Å². The minimum Gasteiger partial charge on any atom is -0.492 e. The molecule has 0 fully saturated rings. The molecule has 0 spiro atoms. The number of likely N-dealkylation sites (N-methyl/N-ethyl adjacent to an activating group) is 1. The minimum absolute atomic E-state index is 0.367. The summed E-state index contributed by atoms with van der Waals surface area (Å²) in [7, 11) is 0. The van der Waals surface area contributed by atoms with Crippen LogP contribution in [-0.2, 0) is 0 Å². The highest BCUT2D eigenvalue weighted by molar-refractivity contribution is 5.68. The Morgan fingerprint density at radius 3 is 2.37 bits per heavy atom. The average molecular weight is 366 g/mol. The summed E-state index contributed by atoms with van der Waals surface area (Å²) < 4.78 is 5.88. The van der Waals surface area contributed by atoms with Gasteiger partial charge in [-0.25, -0.2) is 0 Å². The molecule has 2 atom stereocenters.